The summed E-state index contributed by atoms with van der Waals surface area (Å²) in [5.74, 6) is -0.369. The monoisotopic (exact) mass is 209 g/mol. The lowest BCUT2D eigenvalue weighted by molar-refractivity contribution is -0.155. The Balaban J connectivity index is 2.54. The quantitative estimate of drug-likeness (QED) is 0.760. The first-order valence-corrected chi connectivity index (χ1v) is 4.86. The van der Waals surface area contributed by atoms with Crippen molar-refractivity contribution in [2.75, 3.05) is 6.61 Å². The molecular formula is C11H15NO3. The van der Waals surface area contributed by atoms with Gasteiger partial charge in [-0.2, -0.15) is 0 Å². The molecule has 0 aliphatic rings. The van der Waals surface area contributed by atoms with Crippen molar-refractivity contribution < 1.29 is 14.6 Å². The number of hydrogen-bond donors (Lipinski definition) is 1. The Kier molecular flexibility index (Phi) is 4.24. The SMILES string of the molecule is CC(C)COC(=O)C(O)c1cccnc1. The summed E-state index contributed by atoms with van der Waals surface area (Å²) in [6.45, 7) is 4.18. The molecule has 1 atom stereocenters. The minimum atomic E-state index is -1.24. The molecule has 0 saturated heterocycles. The van der Waals surface area contributed by atoms with E-state index in [0.717, 1.165) is 0 Å². The van der Waals surface area contributed by atoms with E-state index in [0.29, 0.717) is 12.2 Å². The Hall–Kier alpha value is -1.42. The van der Waals surface area contributed by atoms with Crippen molar-refractivity contribution in [2.45, 2.75) is 20.0 Å². The largest absolute Gasteiger partial charge is 0.463 e. The summed E-state index contributed by atoms with van der Waals surface area (Å²) >= 11 is 0. The van der Waals surface area contributed by atoms with E-state index in [4.69, 9.17) is 4.74 Å². The summed E-state index contributed by atoms with van der Waals surface area (Å²) in [5, 5.41) is 9.59. The van der Waals surface area contributed by atoms with E-state index in [1.165, 1.54) is 6.20 Å². The van der Waals surface area contributed by atoms with Crippen molar-refractivity contribution >= 4 is 5.97 Å². The Bertz CT molecular complexity index is 311. The number of aliphatic hydroxyl groups is 1. The van der Waals surface area contributed by atoms with Gasteiger partial charge in [0.05, 0.1) is 6.61 Å². The van der Waals surface area contributed by atoms with Crippen molar-refractivity contribution in [1.82, 2.24) is 4.98 Å². The third kappa shape index (κ3) is 3.67. The number of ether oxygens (including phenoxy) is 1. The zero-order valence-corrected chi connectivity index (χ0v) is 8.88. The molecule has 1 unspecified atom stereocenters. The minimum Gasteiger partial charge on any atom is -0.463 e. The molecule has 0 spiro atoms. The van der Waals surface area contributed by atoms with Crippen LogP contribution >= 0.6 is 0 Å². The fraction of sp³-hybridized carbons (Fsp3) is 0.455. The molecule has 1 aromatic heterocycles. The lowest BCUT2D eigenvalue weighted by Gasteiger charge is -2.11. The molecule has 1 rings (SSSR count). The maximum absolute atomic E-state index is 11.3. The minimum absolute atomic E-state index is 0.259. The molecule has 4 nitrogen and oxygen atoms in total. The number of aliphatic hydroxyl groups excluding tert-OH is 1. The second-order valence-electron chi connectivity index (χ2n) is 3.71. The van der Waals surface area contributed by atoms with Crippen LogP contribution in [0.3, 0.4) is 0 Å². The maximum Gasteiger partial charge on any atom is 0.339 e. The van der Waals surface area contributed by atoms with Crippen LogP contribution < -0.4 is 0 Å². The highest BCUT2D eigenvalue weighted by atomic mass is 16.5. The predicted molar refractivity (Wildman–Crippen MR) is 55.0 cm³/mol. The van der Waals surface area contributed by atoms with Gasteiger partial charge in [0, 0.05) is 18.0 Å². The van der Waals surface area contributed by atoms with Crippen molar-refractivity contribution in [3.05, 3.63) is 30.1 Å². The predicted octanol–water partition coefficient (Wildman–Crippen LogP) is 1.31. The van der Waals surface area contributed by atoms with Gasteiger partial charge in [-0.25, -0.2) is 4.79 Å². The molecule has 1 N–H and O–H groups in total. The van der Waals surface area contributed by atoms with Gasteiger partial charge in [-0.05, 0) is 12.0 Å². The third-order valence-electron chi connectivity index (χ3n) is 1.78. The molecule has 0 bridgehead atoms. The number of rotatable bonds is 4. The van der Waals surface area contributed by atoms with Crippen LogP contribution in [-0.2, 0) is 9.53 Å². The van der Waals surface area contributed by atoms with E-state index < -0.39 is 12.1 Å². The molecule has 0 saturated carbocycles. The number of carbonyl (C=O) groups is 1. The topological polar surface area (TPSA) is 59.4 Å². The van der Waals surface area contributed by atoms with E-state index in [-0.39, 0.29) is 5.92 Å². The molecule has 0 aromatic carbocycles. The van der Waals surface area contributed by atoms with Gasteiger partial charge in [-0.3, -0.25) is 4.98 Å². The highest BCUT2D eigenvalue weighted by Gasteiger charge is 2.19. The lowest BCUT2D eigenvalue weighted by Crippen LogP contribution is -2.18. The zero-order chi connectivity index (χ0) is 11.3. The van der Waals surface area contributed by atoms with E-state index in [9.17, 15) is 9.90 Å². The Labute approximate surface area is 88.9 Å². The van der Waals surface area contributed by atoms with Gasteiger partial charge >= 0.3 is 5.97 Å². The average molecular weight is 209 g/mol. The molecule has 0 aliphatic carbocycles. The van der Waals surface area contributed by atoms with Gasteiger partial charge in [0.25, 0.3) is 0 Å². The van der Waals surface area contributed by atoms with Gasteiger partial charge in [0.1, 0.15) is 0 Å². The number of aromatic nitrogens is 1. The number of nitrogens with zero attached hydrogens (tertiary/aromatic N) is 1. The first-order chi connectivity index (χ1) is 7.11. The van der Waals surface area contributed by atoms with Gasteiger partial charge in [0.2, 0.25) is 0 Å². The molecule has 1 heterocycles. The van der Waals surface area contributed by atoms with Crippen molar-refractivity contribution in [3.63, 3.8) is 0 Å². The van der Waals surface area contributed by atoms with E-state index >= 15 is 0 Å². The molecule has 4 heteroatoms. The summed E-state index contributed by atoms with van der Waals surface area (Å²) in [6, 6.07) is 3.29. The molecule has 1 aromatic rings. The molecular weight excluding hydrogens is 194 g/mol. The summed E-state index contributed by atoms with van der Waals surface area (Å²) in [6.07, 6.45) is 1.79. The summed E-state index contributed by atoms with van der Waals surface area (Å²) < 4.78 is 4.90. The second kappa shape index (κ2) is 5.46. The number of pyridine rings is 1. The van der Waals surface area contributed by atoms with Crippen LogP contribution in [0.15, 0.2) is 24.5 Å². The van der Waals surface area contributed by atoms with Gasteiger partial charge in [-0.1, -0.05) is 19.9 Å². The number of esters is 1. The van der Waals surface area contributed by atoms with Gasteiger partial charge in [-0.15, -0.1) is 0 Å². The molecule has 0 radical (unpaired) electrons. The second-order valence-corrected chi connectivity index (χ2v) is 3.71. The zero-order valence-electron chi connectivity index (χ0n) is 8.88. The van der Waals surface area contributed by atoms with Crippen molar-refractivity contribution in [2.24, 2.45) is 5.92 Å². The average Bonchev–Trinajstić information content (AvgIpc) is 2.26. The van der Waals surface area contributed by atoms with Crippen LogP contribution in [0.4, 0.5) is 0 Å². The summed E-state index contributed by atoms with van der Waals surface area (Å²) in [7, 11) is 0. The number of hydrogen-bond acceptors (Lipinski definition) is 4. The van der Waals surface area contributed by atoms with Crippen LogP contribution in [-0.4, -0.2) is 22.7 Å². The van der Waals surface area contributed by atoms with Crippen LogP contribution in [0.5, 0.6) is 0 Å². The smallest absolute Gasteiger partial charge is 0.339 e. The van der Waals surface area contributed by atoms with E-state index in [1.54, 1.807) is 18.3 Å². The fourth-order valence-electron chi connectivity index (χ4n) is 1.00. The van der Waals surface area contributed by atoms with Crippen molar-refractivity contribution in [3.8, 4) is 0 Å². The highest BCUT2D eigenvalue weighted by Crippen LogP contribution is 2.12. The maximum atomic E-state index is 11.3. The van der Waals surface area contributed by atoms with Crippen molar-refractivity contribution in [1.29, 1.82) is 0 Å². The molecule has 0 aliphatic heterocycles. The number of carbonyl (C=O) groups excluding carboxylic acids is 1. The normalized spacial score (nSPS) is 12.5. The molecule has 15 heavy (non-hydrogen) atoms. The first kappa shape index (κ1) is 11.7. The Morgan fingerprint density at radius 3 is 2.87 bits per heavy atom. The third-order valence-corrected chi connectivity index (χ3v) is 1.78. The fourth-order valence-corrected chi connectivity index (χ4v) is 1.00. The summed E-state index contributed by atoms with van der Waals surface area (Å²) in [4.78, 5) is 15.2. The summed E-state index contributed by atoms with van der Waals surface area (Å²) in [5.41, 5.74) is 0.450. The lowest BCUT2D eigenvalue weighted by atomic mass is 10.2. The van der Waals surface area contributed by atoms with Gasteiger partial charge in [0.15, 0.2) is 6.10 Å². The van der Waals surface area contributed by atoms with Crippen LogP contribution in [0.25, 0.3) is 0 Å². The Morgan fingerprint density at radius 1 is 1.60 bits per heavy atom. The first-order valence-electron chi connectivity index (χ1n) is 4.86. The van der Waals surface area contributed by atoms with Crippen LogP contribution in [0, 0.1) is 5.92 Å². The standard InChI is InChI=1S/C11H15NO3/c1-8(2)7-15-11(14)10(13)9-4-3-5-12-6-9/h3-6,8,10,13H,7H2,1-2H3. The highest BCUT2D eigenvalue weighted by molar-refractivity contribution is 5.76. The van der Waals surface area contributed by atoms with E-state index in [2.05, 4.69) is 4.98 Å². The van der Waals surface area contributed by atoms with Gasteiger partial charge < -0.3 is 9.84 Å². The van der Waals surface area contributed by atoms with E-state index in [1.807, 2.05) is 13.8 Å². The Morgan fingerprint density at radius 2 is 2.33 bits per heavy atom. The van der Waals surface area contributed by atoms with Crippen LogP contribution in [0.1, 0.15) is 25.5 Å². The molecule has 0 amide bonds. The van der Waals surface area contributed by atoms with Crippen LogP contribution in [0.2, 0.25) is 0 Å². The molecule has 0 fully saturated rings. The molecule has 82 valence electrons.